The molecular formula is C22H32FN7O. The van der Waals surface area contributed by atoms with E-state index in [1.54, 1.807) is 13.3 Å². The molecule has 5 atom stereocenters. The minimum Gasteiger partial charge on any atom is -0.496 e. The van der Waals surface area contributed by atoms with Gasteiger partial charge in [0.25, 0.3) is 0 Å². The van der Waals surface area contributed by atoms with Crippen molar-refractivity contribution in [3.05, 3.63) is 18.3 Å². The predicted molar refractivity (Wildman–Crippen MR) is 120 cm³/mol. The van der Waals surface area contributed by atoms with Gasteiger partial charge in [0, 0.05) is 43.0 Å². The van der Waals surface area contributed by atoms with Crippen LogP contribution in [0.5, 0.6) is 5.75 Å². The zero-order valence-electron chi connectivity index (χ0n) is 18.2. The first kappa shape index (κ1) is 20.7. The average molecular weight is 430 g/mol. The molecule has 3 saturated heterocycles. The molecule has 0 amide bonds. The predicted octanol–water partition coefficient (Wildman–Crippen LogP) is 2.64. The Bertz CT molecular complexity index is 914. The highest BCUT2D eigenvalue weighted by Crippen LogP contribution is 2.38. The molecule has 0 aromatic carbocycles. The fourth-order valence-corrected chi connectivity index (χ4v) is 5.53. The third-order valence-electron chi connectivity index (χ3n) is 6.89. The van der Waals surface area contributed by atoms with Crippen molar-refractivity contribution >= 4 is 22.5 Å². The van der Waals surface area contributed by atoms with E-state index in [-0.39, 0.29) is 12.8 Å². The lowest BCUT2D eigenvalue weighted by Gasteiger charge is -2.39. The second-order valence-corrected chi connectivity index (χ2v) is 9.01. The molecular weight excluding hydrogens is 397 g/mol. The smallest absolute Gasteiger partial charge is 0.141 e. The Kier molecular flexibility index (Phi) is 5.81. The highest BCUT2D eigenvalue weighted by molar-refractivity contribution is 5.96. The number of methoxy groups -OCH3 is 1. The number of anilines is 2. The first-order valence-corrected chi connectivity index (χ1v) is 11.3. The summed E-state index contributed by atoms with van der Waals surface area (Å²) in [4.78, 5) is 11.9. The van der Waals surface area contributed by atoms with Crippen molar-refractivity contribution in [1.82, 2.24) is 25.7 Å². The maximum Gasteiger partial charge on any atom is 0.141 e. The molecule has 2 aromatic heterocycles. The van der Waals surface area contributed by atoms with E-state index in [1.807, 2.05) is 12.1 Å². The first-order chi connectivity index (χ1) is 15.1. The van der Waals surface area contributed by atoms with E-state index in [0.29, 0.717) is 30.7 Å². The molecule has 3 aliphatic rings. The number of hydrazine groups is 1. The lowest BCUT2D eigenvalue weighted by molar-refractivity contribution is 0.123. The normalized spacial score (nSPS) is 30.6. The molecule has 168 valence electrons. The van der Waals surface area contributed by atoms with Crippen LogP contribution in [-0.2, 0) is 0 Å². The van der Waals surface area contributed by atoms with Crippen LogP contribution in [0.15, 0.2) is 18.3 Å². The van der Waals surface area contributed by atoms with E-state index in [1.165, 1.54) is 0 Å². The van der Waals surface area contributed by atoms with Crippen molar-refractivity contribution in [3.8, 4) is 5.75 Å². The summed E-state index contributed by atoms with van der Waals surface area (Å²) < 4.78 is 18.6. The SMILES string of the molecule is COc1ccnc2cc(NC3CC(C)NN3)nc(NC3C[C@H]4CC[C@@H](C3)N4CCF)c12. The quantitative estimate of drug-likeness (QED) is 0.535. The minimum atomic E-state index is -0.267. The third kappa shape index (κ3) is 4.14. The summed E-state index contributed by atoms with van der Waals surface area (Å²) in [5, 5.41) is 8.09. The van der Waals surface area contributed by atoms with Crippen LogP contribution in [0, 0.1) is 0 Å². The van der Waals surface area contributed by atoms with Crippen molar-refractivity contribution in [2.75, 3.05) is 31.0 Å². The molecule has 0 saturated carbocycles. The van der Waals surface area contributed by atoms with E-state index in [9.17, 15) is 4.39 Å². The fraction of sp³-hybridized carbons (Fsp3) is 0.636. The number of hydrogen-bond acceptors (Lipinski definition) is 8. The van der Waals surface area contributed by atoms with Gasteiger partial charge in [-0.1, -0.05) is 0 Å². The number of rotatable bonds is 7. The molecule has 0 spiro atoms. The van der Waals surface area contributed by atoms with Gasteiger partial charge < -0.3 is 15.4 Å². The van der Waals surface area contributed by atoms with E-state index < -0.39 is 0 Å². The Labute approximate surface area is 182 Å². The molecule has 5 rings (SSSR count). The zero-order valence-corrected chi connectivity index (χ0v) is 18.2. The van der Waals surface area contributed by atoms with Gasteiger partial charge in [0.1, 0.15) is 24.1 Å². The molecule has 3 unspecified atom stereocenters. The van der Waals surface area contributed by atoms with Gasteiger partial charge in [-0.2, -0.15) is 0 Å². The zero-order chi connectivity index (χ0) is 21.4. The summed E-state index contributed by atoms with van der Waals surface area (Å²) in [6.07, 6.45) is 7.16. The second kappa shape index (κ2) is 8.72. The molecule has 5 heterocycles. The highest BCUT2D eigenvalue weighted by atomic mass is 19.1. The molecule has 2 bridgehead atoms. The standard InChI is InChI=1S/C22H32FN7O/c1-13-9-20(29-28-13)26-19-12-17-21(18(31-2)5-7-24-17)22(27-19)25-14-10-15-3-4-16(11-14)30(15)8-6-23/h5,7,12-16,20,28-29H,3-4,6,8-11H2,1-2H3,(H2,25,26,27)/t13?,14?,15-,16+,20?. The topological polar surface area (TPSA) is 86.4 Å². The second-order valence-electron chi connectivity index (χ2n) is 9.01. The number of fused-ring (bicyclic) bond motifs is 3. The van der Waals surface area contributed by atoms with Gasteiger partial charge in [0.05, 0.1) is 24.2 Å². The van der Waals surface area contributed by atoms with Crippen LogP contribution < -0.4 is 26.2 Å². The molecule has 9 heteroatoms. The van der Waals surface area contributed by atoms with Gasteiger partial charge in [-0.05, 0) is 45.1 Å². The first-order valence-electron chi connectivity index (χ1n) is 11.3. The minimum absolute atomic E-state index is 0.109. The number of hydrogen-bond donors (Lipinski definition) is 4. The van der Waals surface area contributed by atoms with E-state index >= 15 is 0 Å². The Morgan fingerprint density at radius 1 is 1.19 bits per heavy atom. The van der Waals surface area contributed by atoms with Crippen LogP contribution >= 0.6 is 0 Å². The summed E-state index contributed by atoms with van der Waals surface area (Å²) in [5.41, 5.74) is 7.34. The van der Waals surface area contributed by atoms with Crippen LogP contribution in [0.1, 0.15) is 39.0 Å². The lowest BCUT2D eigenvalue weighted by Crippen LogP contribution is -2.47. The number of nitrogens with one attached hydrogen (secondary N) is 4. The van der Waals surface area contributed by atoms with Gasteiger partial charge >= 0.3 is 0 Å². The van der Waals surface area contributed by atoms with Gasteiger partial charge in [0.15, 0.2) is 0 Å². The van der Waals surface area contributed by atoms with Crippen molar-refractivity contribution in [1.29, 1.82) is 0 Å². The Hall–Kier alpha value is -2.23. The van der Waals surface area contributed by atoms with E-state index in [4.69, 9.17) is 9.72 Å². The van der Waals surface area contributed by atoms with Gasteiger partial charge in [-0.25, -0.2) is 14.8 Å². The van der Waals surface area contributed by atoms with Crippen molar-refractivity contribution in [2.45, 2.75) is 69.4 Å². The lowest BCUT2D eigenvalue weighted by atomic mass is 9.97. The summed E-state index contributed by atoms with van der Waals surface area (Å²) >= 11 is 0. The van der Waals surface area contributed by atoms with Gasteiger partial charge in [-0.15, -0.1) is 0 Å². The number of ether oxygens (including phenoxy) is 1. The van der Waals surface area contributed by atoms with E-state index in [2.05, 4.69) is 38.3 Å². The molecule has 4 N–H and O–H groups in total. The Balaban J connectivity index is 1.42. The number of pyridine rings is 2. The summed E-state index contributed by atoms with van der Waals surface area (Å²) in [5.74, 6) is 2.34. The molecule has 0 radical (unpaired) electrons. The molecule has 31 heavy (non-hydrogen) atoms. The third-order valence-corrected chi connectivity index (χ3v) is 6.89. The Morgan fingerprint density at radius 2 is 2.00 bits per heavy atom. The van der Waals surface area contributed by atoms with Crippen molar-refractivity contribution in [3.63, 3.8) is 0 Å². The summed E-state index contributed by atoms with van der Waals surface area (Å²) in [6.45, 7) is 2.43. The summed E-state index contributed by atoms with van der Waals surface area (Å²) in [7, 11) is 1.68. The summed E-state index contributed by atoms with van der Waals surface area (Å²) in [6, 6.07) is 5.46. The molecule has 3 aliphatic heterocycles. The van der Waals surface area contributed by atoms with Crippen molar-refractivity contribution in [2.24, 2.45) is 0 Å². The maximum absolute atomic E-state index is 13.0. The molecule has 2 aromatic rings. The average Bonchev–Trinajstić information content (AvgIpc) is 3.26. The number of alkyl halides is 1. The van der Waals surface area contributed by atoms with Gasteiger partial charge in [0.2, 0.25) is 0 Å². The van der Waals surface area contributed by atoms with Crippen molar-refractivity contribution < 1.29 is 9.13 Å². The van der Waals surface area contributed by atoms with E-state index in [0.717, 1.165) is 60.4 Å². The molecule has 8 nitrogen and oxygen atoms in total. The van der Waals surface area contributed by atoms with Gasteiger partial charge in [-0.3, -0.25) is 15.3 Å². The van der Waals surface area contributed by atoms with Crippen LogP contribution in [0.2, 0.25) is 0 Å². The highest BCUT2D eigenvalue weighted by Gasteiger charge is 2.40. The number of nitrogens with zero attached hydrogens (tertiary/aromatic N) is 3. The van der Waals surface area contributed by atoms with Crippen LogP contribution in [0.25, 0.3) is 10.9 Å². The monoisotopic (exact) mass is 429 g/mol. The Morgan fingerprint density at radius 3 is 2.68 bits per heavy atom. The van der Waals surface area contributed by atoms with Crippen LogP contribution in [0.4, 0.5) is 16.0 Å². The number of halogens is 1. The molecule has 3 fully saturated rings. The van der Waals surface area contributed by atoms with Crippen LogP contribution in [-0.4, -0.2) is 65.5 Å². The fourth-order valence-electron chi connectivity index (χ4n) is 5.53. The number of piperidine rings is 1. The number of aromatic nitrogens is 2. The maximum atomic E-state index is 13.0. The van der Waals surface area contributed by atoms with Crippen LogP contribution in [0.3, 0.4) is 0 Å². The largest absolute Gasteiger partial charge is 0.496 e. The molecule has 0 aliphatic carbocycles.